The predicted octanol–water partition coefficient (Wildman–Crippen LogP) is 4.26. The van der Waals surface area contributed by atoms with Crippen LogP contribution < -0.4 is 10.1 Å². The van der Waals surface area contributed by atoms with Crippen molar-refractivity contribution in [2.24, 2.45) is 5.41 Å². The van der Waals surface area contributed by atoms with E-state index in [-0.39, 0.29) is 0 Å². The van der Waals surface area contributed by atoms with E-state index in [1.165, 1.54) is 12.8 Å². The molecule has 4 nitrogen and oxygen atoms in total. The molecule has 0 spiro atoms. The van der Waals surface area contributed by atoms with Crippen molar-refractivity contribution in [3.8, 4) is 5.88 Å². The average molecular weight is 291 g/mol. The van der Waals surface area contributed by atoms with Crippen molar-refractivity contribution < 1.29 is 4.74 Å². The summed E-state index contributed by atoms with van der Waals surface area (Å²) in [6.45, 7) is 11.7. The van der Waals surface area contributed by atoms with Crippen LogP contribution in [0, 0.1) is 19.3 Å². The molecule has 0 unspecified atom stereocenters. The number of nitrogens with one attached hydrogen (secondary N) is 1. The molecule has 0 radical (unpaired) electrons. The number of anilines is 1. The van der Waals surface area contributed by atoms with Crippen LogP contribution in [0.4, 0.5) is 5.82 Å². The first-order valence-corrected chi connectivity index (χ1v) is 8.17. The van der Waals surface area contributed by atoms with Gasteiger partial charge in [0.2, 0.25) is 5.88 Å². The van der Waals surface area contributed by atoms with Gasteiger partial charge in [-0.1, -0.05) is 20.8 Å². The van der Waals surface area contributed by atoms with Gasteiger partial charge in [0.05, 0.1) is 5.56 Å². The highest BCUT2D eigenvalue weighted by molar-refractivity contribution is 5.48. The molecule has 0 atom stereocenters. The maximum Gasteiger partial charge on any atom is 0.222 e. The van der Waals surface area contributed by atoms with Gasteiger partial charge in [-0.2, -0.15) is 4.98 Å². The summed E-state index contributed by atoms with van der Waals surface area (Å²) in [7, 11) is 0. The third-order valence-electron chi connectivity index (χ3n) is 4.32. The van der Waals surface area contributed by atoms with Gasteiger partial charge in [-0.3, -0.25) is 0 Å². The van der Waals surface area contributed by atoms with Crippen LogP contribution in [0.5, 0.6) is 5.88 Å². The number of aryl methyl sites for hydroxylation is 1. The second-order valence-electron chi connectivity index (χ2n) is 6.96. The van der Waals surface area contributed by atoms with Crippen LogP contribution in [-0.4, -0.2) is 22.6 Å². The Balaban J connectivity index is 2.07. The minimum absolute atomic E-state index is 0.296. The number of rotatable bonds is 5. The molecular weight excluding hydrogens is 262 g/mol. The van der Waals surface area contributed by atoms with E-state index in [1.807, 2.05) is 13.8 Å². The van der Waals surface area contributed by atoms with Crippen molar-refractivity contribution in [3.63, 3.8) is 0 Å². The third-order valence-corrected chi connectivity index (χ3v) is 4.32. The molecule has 1 aromatic heterocycles. The Morgan fingerprint density at radius 2 is 1.86 bits per heavy atom. The molecule has 0 aliphatic heterocycles. The Morgan fingerprint density at radius 1 is 1.19 bits per heavy atom. The highest BCUT2D eigenvalue weighted by Crippen LogP contribution is 2.37. The summed E-state index contributed by atoms with van der Waals surface area (Å²) < 4.78 is 6.19. The number of nitrogens with zero attached hydrogens (tertiary/aromatic N) is 2. The minimum atomic E-state index is 0.296. The Kier molecular flexibility index (Phi) is 5.07. The Labute approximate surface area is 128 Å². The first-order chi connectivity index (χ1) is 9.91. The SMILES string of the molecule is CCCNc1nc(C)nc(OC2CCC(C)(C)CC2)c1C. The van der Waals surface area contributed by atoms with Gasteiger partial charge in [0.1, 0.15) is 17.7 Å². The van der Waals surface area contributed by atoms with E-state index in [9.17, 15) is 0 Å². The number of ether oxygens (including phenoxy) is 1. The van der Waals surface area contributed by atoms with Crippen LogP contribution in [0.2, 0.25) is 0 Å². The molecule has 4 heteroatoms. The summed E-state index contributed by atoms with van der Waals surface area (Å²) in [6, 6.07) is 0. The molecule has 1 aliphatic rings. The smallest absolute Gasteiger partial charge is 0.222 e. The monoisotopic (exact) mass is 291 g/mol. The van der Waals surface area contributed by atoms with Crippen molar-refractivity contribution in [2.45, 2.75) is 72.8 Å². The summed E-state index contributed by atoms with van der Waals surface area (Å²) in [5, 5.41) is 3.36. The van der Waals surface area contributed by atoms with Gasteiger partial charge in [-0.05, 0) is 51.4 Å². The topological polar surface area (TPSA) is 47.0 Å². The van der Waals surface area contributed by atoms with Crippen LogP contribution in [0.3, 0.4) is 0 Å². The summed E-state index contributed by atoms with van der Waals surface area (Å²) in [5.74, 6) is 2.44. The van der Waals surface area contributed by atoms with Gasteiger partial charge in [0.25, 0.3) is 0 Å². The molecule has 0 aromatic carbocycles. The molecule has 21 heavy (non-hydrogen) atoms. The fraction of sp³-hybridized carbons (Fsp3) is 0.765. The van der Waals surface area contributed by atoms with E-state index < -0.39 is 0 Å². The zero-order valence-electron chi connectivity index (χ0n) is 14.1. The molecular formula is C17H29N3O. The fourth-order valence-corrected chi connectivity index (χ4v) is 2.78. The predicted molar refractivity (Wildman–Crippen MR) is 87.0 cm³/mol. The maximum atomic E-state index is 6.19. The number of hydrogen-bond acceptors (Lipinski definition) is 4. The second-order valence-corrected chi connectivity index (χ2v) is 6.96. The summed E-state index contributed by atoms with van der Waals surface area (Å²) in [4.78, 5) is 8.98. The van der Waals surface area contributed by atoms with Gasteiger partial charge in [0, 0.05) is 6.54 Å². The molecule has 1 aromatic rings. The molecule has 1 fully saturated rings. The molecule has 0 amide bonds. The average Bonchev–Trinajstić information content (AvgIpc) is 2.43. The van der Waals surface area contributed by atoms with E-state index in [1.54, 1.807) is 0 Å². The number of hydrogen-bond donors (Lipinski definition) is 1. The quantitative estimate of drug-likeness (QED) is 0.880. The lowest BCUT2D eigenvalue weighted by Crippen LogP contribution is -2.29. The largest absolute Gasteiger partial charge is 0.474 e. The van der Waals surface area contributed by atoms with Crippen LogP contribution in [-0.2, 0) is 0 Å². The van der Waals surface area contributed by atoms with Crippen molar-refractivity contribution in [2.75, 3.05) is 11.9 Å². The number of aromatic nitrogens is 2. The first kappa shape index (κ1) is 16.1. The van der Waals surface area contributed by atoms with Gasteiger partial charge in [-0.15, -0.1) is 0 Å². The lowest BCUT2D eigenvalue weighted by Gasteiger charge is -2.34. The standard InChI is InChI=1S/C17H29N3O/c1-6-11-18-15-12(2)16(20-13(3)19-15)21-14-7-9-17(4,5)10-8-14/h14H,6-11H2,1-5H3,(H,18,19,20). The summed E-state index contributed by atoms with van der Waals surface area (Å²) in [5.41, 5.74) is 1.49. The minimum Gasteiger partial charge on any atom is -0.474 e. The van der Waals surface area contributed by atoms with Crippen molar-refractivity contribution in [1.29, 1.82) is 0 Å². The molecule has 0 bridgehead atoms. The van der Waals surface area contributed by atoms with Crippen LogP contribution in [0.1, 0.15) is 64.3 Å². The Hall–Kier alpha value is -1.32. The Morgan fingerprint density at radius 3 is 2.48 bits per heavy atom. The third kappa shape index (κ3) is 4.32. The van der Waals surface area contributed by atoms with Gasteiger partial charge in [-0.25, -0.2) is 4.98 Å². The van der Waals surface area contributed by atoms with Crippen molar-refractivity contribution >= 4 is 5.82 Å². The van der Waals surface area contributed by atoms with Gasteiger partial charge in [0.15, 0.2) is 0 Å². The van der Waals surface area contributed by atoms with E-state index in [2.05, 4.69) is 36.1 Å². The lowest BCUT2D eigenvalue weighted by molar-refractivity contribution is 0.0940. The van der Waals surface area contributed by atoms with Gasteiger partial charge < -0.3 is 10.1 Å². The highest BCUT2D eigenvalue weighted by atomic mass is 16.5. The Bertz CT molecular complexity index is 475. The zero-order valence-corrected chi connectivity index (χ0v) is 14.1. The molecule has 1 saturated carbocycles. The molecule has 118 valence electrons. The van der Waals surface area contributed by atoms with Crippen LogP contribution in [0.15, 0.2) is 0 Å². The fourth-order valence-electron chi connectivity index (χ4n) is 2.78. The van der Waals surface area contributed by atoms with Crippen molar-refractivity contribution in [1.82, 2.24) is 9.97 Å². The van der Waals surface area contributed by atoms with E-state index in [0.29, 0.717) is 11.5 Å². The lowest BCUT2D eigenvalue weighted by atomic mass is 9.76. The first-order valence-electron chi connectivity index (χ1n) is 8.17. The van der Waals surface area contributed by atoms with E-state index >= 15 is 0 Å². The zero-order chi connectivity index (χ0) is 15.5. The van der Waals surface area contributed by atoms with Crippen LogP contribution >= 0.6 is 0 Å². The highest BCUT2D eigenvalue weighted by Gasteiger charge is 2.28. The second kappa shape index (κ2) is 6.63. The van der Waals surface area contributed by atoms with Crippen LogP contribution in [0.25, 0.3) is 0 Å². The van der Waals surface area contributed by atoms with E-state index in [4.69, 9.17) is 4.74 Å². The maximum absolute atomic E-state index is 6.19. The molecule has 2 rings (SSSR count). The van der Waals surface area contributed by atoms with E-state index in [0.717, 1.165) is 48.9 Å². The summed E-state index contributed by atoms with van der Waals surface area (Å²) in [6.07, 6.45) is 6.06. The van der Waals surface area contributed by atoms with Gasteiger partial charge >= 0.3 is 0 Å². The van der Waals surface area contributed by atoms with Crippen molar-refractivity contribution in [3.05, 3.63) is 11.4 Å². The summed E-state index contributed by atoms with van der Waals surface area (Å²) >= 11 is 0. The normalized spacial score (nSPS) is 18.5. The molecule has 1 aliphatic carbocycles. The molecule has 1 N–H and O–H groups in total. The molecule has 1 heterocycles. The molecule has 0 saturated heterocycles.